The van der Waals surface area contributed by atoms with Crippen molar-refractivity contribution in [3.05, 3.63) is 87.5 Å². The van der Waals surface area contributed by atoms with Gasteiger partial charge in [0, 0.05) is 24.1 Å². The summed E-state index contributed by atoms with van der Waals surface area (Å²) < 4.78 is 29.8. The van der Waals surface area contributed by atoms with Crippen LogP contribution in [0, 0.1) is 17.0 Å². The van der Waals surface area contributed by atoms with Crippen molar-refractivity contribution in [2.75, 3.05) is 11.9 Å². The summed E-state index contributed by atoms with van der Waals surface area (Å²) in [6.45, 7) is 6.02. The minimum Gasteiger partial charge on any atom is -0.465 e. The number of thiophene rings is 1. The van der Waals surface area contributed by atoms with Gasteiger partial charge in [-0.25, -0.2) is 13.6 Å². The zero-order valence-corrected chi connectivity index (χ0v) is 22.9. The van der Waals surface area contributed by atoms with Crippen molar-refractivity contribution in [3.8, 4) is 5.69 Å². The molecule has 0 saturated carbocycles. The lowest BCUT2D eigenvalue weighted by atomic mass is 9.82. The Hall–Kier alpha value is -4.25. The third kappa shape index (κ3) is 5.04. The Labute approximate surface area is 232 Å². The third-order valence-corrected chi connectivity index (χ3v) is 8.19. The molecule has 0 bridgehead atoms. The number of carbonyl (C=O) groups excluding carboxylic acids is 1. The topological polar surface area (TPSA) is 104 Å². The highest BCUT2D eigenvalue weighted by atomic mass is 32.1. The molecule has 1 unspecified atom stereocenters. The van der Waals surface area contributed by atoms with Crippen LogP contribution in [0.4, 0.5) is 25.0 Å². The SMILES string of the molecule is CC(C)(C)C1[C@H](NC(=O)c2sc3c(ccc(=O)n3-c3ccccc3)c2Nc2ccc(F)cc2F)CCN1C(=O)O. The zero-order chi connectivity index (χ0) is 28.8. The van der Waals surface area contributed by atoms with Gasteiger partial charge in [0.25, 0.3) is 11.5 Å². The molecule has 3 N–H and O–H groups in total. The van der Waals surface area contributed by atoms with E-state index < -0.39 is 41.1 Å². The predicted molar refractivity (Wildman–Crippen MR) is 151 cm³/mol. The Morgan fingerprint density at radius 2 is 1.77 bits per heavy atom. The largest absolute Gasteiger partial charge is 0.465 e. The molecule has 5 rings (SSSR count). The summed E-state index contributed by atoms with van der Waals surface area (Å²) >= 11 is 1.06. The Bertz CT molecular complexity index is 1660. The molecule has 2 atom stereocenters. The summed E-state index contributed by atoms with van der Waals surface area (Å²) in [6.07, 6.45) is -0.630. The van der Waals surface area contributed by atoms with Crippen molar-refractivity contribution in [2.45, 2.75) is 39.3 Å². The van der Waals surface area contributed by atoms with E-state index in [0.717, 1.165) is 23.5 Å². The van der Waals surface area contributed by atoms with Crippen LogP contribution in [-0.4, -0.2) is 45.2 Å². The first kappa shape index (κ1) is 27.3. The molecule has 1 fully saturated rings. The molecule has 1 aliphatic heterocycles. The fourth-order valence-electron chi connectivity index (χ4n) is 5.38. The Kier molecular flexibility index (Phi) is 7.09. The molecule has 4 aromatic rings. The number of amides is 2. The molecule has 0 spiro atoms. The van der Waals surface area contributed by atoms with E-state index >= 15 is 0 Å². The van der Waals surface area contributed by atoms with Crippen molar-refractivity contribution < 1.29 is 23.5 Å². The van der Waals surface area contributed by atoms with Gasteiger partial charge in [0.05, 0.1) is 29.1 Å². The van der Waals surface area contributed by atoms with E-state index in [2.05, 4.69) is 10.6 Å². The van der Waals surface area contributed by atoms with Crippen LogP contribution in [0.2, 0.25) is 0 Å². The van der Waals surface area contributed by atoms with E-state index in [4.69, 9.17) is 0 Å². The molecule has 2 aromatic heterocycles. The summed E-state index contributed by atoms with van der Waals surface area (Å²) in [5.74, 6) is -2.08. The van der Waals surface area contributed by atoms with Gasteiger partial charge in [-0.3, -0.25) is 14.2 Å². The minimum absolute atomic E-state index is 0.0434. The number of rotatable bonds is 5. The molecule has 3 heterocycles. The number of nitrogens with zero attached hydrogens (tertiary/aromatic N) is 2. The summed E-state index contributed by atoms with van der Waals surface area (Å²) in [4.78, 5) is 40.7. The second kappa shape index (κ2) is 10.4. The fourth-order valence-corrected chi connectivity index (χ4v) is 6.55. The minimum atomic E-state index is -1.06. The maximum atomic E-state index is 14.7. The molecule has 40 heavy (non-hydrogen) atoms. The molecule has 2 amide bonds. The Morgan fingerprint density at radius 3 is 2.42 bits per heavy atom. The predicted octanol–water partition coefficient (Wildman–Crippen LogP) is 5.97. The van der Waals surface area contributed by atoms with Crippen LogP contribution < -0.4 is 16.2 Å². The molecule has 208 valence electrons. The number of carboxylic acid groups (broad SMARTS) is 1. The first-order valence-corrected chi connectivity index (χ1v) is 13.5. The van der Waals surface area contributed by atoms with Crippen LogP contribution in [0.1, 0.15) is 36.9 Å². The quantitative estimate of drug-likeness (QED) is 0.276. The van der Waals surface area contributed by atoms with Gasteiger partial charge < -0.3 is 20.6 Å². The number of pyridine rings is 1. The Morgan fingerprint density at radius 1 is 1.05 bits per heavy atom. The smallest absolute Gasteiger partial charge is 0.407 e. The second-order valence-electron chi connectivity index (χ2n) is 10.8. The van der Waals surface area contributed by atoms with Crippen molar-refractivity contribution >= 4 is 44.9 Å². The summed E-state index contributed by atoms with van der Waals surface area (Å²) in [5.41, 5.74) is 0.0313. The van der Waals surface area contributed by atoms with Crippen molar-refractivity contribution in [1.29, 1.82) is 0 Å². The van der Waals surface area contributed by atoms with Gasteiger partial charge in [-0.1, -0.05) is 39.0 Å². The van der Waals surface area contributed by atoms with Crippen LogP contribution >= 0.6 is 11.3 Å². The van der Waals surface area contributed by atoms with Crippen LogP contribution in [0.5, 0.6) is 0 Å². The molecular weight excluding hydrogens is 538 g/mol. The monoisotopic (exact) mass is 566 g/mol. The lowest BCUT2D eigenvalue weighted by molar-refractivity contribution is 0.0830. The Balaban J connectivity index is 1.63. The standard InChI is InChI=1S/C29H28F2N4O4S/c1-29(2,3)25-21(13-14-34(25)28(38)39)33-26(37)24-23(32-20-11-9-16(30)15-19(20)31)18-10-12-22(36)35(27(18)40-24)17-7-5-4-6-8-17/h4-12,15,21,25,32H,13-14H2,1-3H3,(H,33,37)(H,38,39)/t21-,25?/m1/s1. The number of hydrogen-bond acceptors (Lipinski definition) is 5. The molecular formula is C29H28F2N4O4S. The maximum Gasteiger partial charge on any atom is 0.407 e. The van der Waals surface area contributed by atoms with Crippen molar-refractivity contribution in [1.82, 2.24) is 14.8 Å². The zero-order valence-electron chi connectivity index (χ0n) is 22.1. The van der Waals surface area contributed by atoms with Gasteiger partial charge in [-0.05, 0) is 42.2 Å². The van der Waals surface area contributed by atoms with Gasteiger partial charge in [0.2, 0.25) is 0 Å². The van der Waals surface area contributed by atoms with E-state index in [-0.39, 0.29) is 28.4 Å². The van der Waals surface area contributed by atoms with Crippen molar-refractivity contribution in [2.24, 2.45) is 5.41 Å². The summed E-state index contributed by atoms with van der Waals surface area (Å²) in [7, 11) is 0. The number of nitrogens with one attached hydrogen (secondary N) is 2. The highest BCUT2D eigenvalue weighted by molar-refractivity contribution is 7.21. The molecule has 2 aromatic carbocycles. The lowest BCUT2D eigenvalue weighted by Crippen LogP contribution is -2.52. The average Bonchev–Trinajstić information content (AvgIpc) is 3.48. The first-order chi connectivity index (χ1) is 19.0. The second-order valence-corrected chi connectivity index (χ2v) is 11.8. The lowest BCUT2D eigenvalue weighted by Gasteiger charge is -2.37. The van der Waals surface area contributed by atoms with Crippen molar-refractivity contribution in [3.63, 3.8) is 0 Å². The normalized spacial score (nSPS) is 17.3. The summed E-state index contributed by atoms with van der Waals surface area (Å²) in [6, 6.07) is 14.0. The number of fused-ring (bicyclic) bond motifs is 1. The van der Waals surface area contributed by atoms with E-state index in [0.29, 0.717) is 22.3 Å². The van der Waals surface area contributed by atoms with Crippen LogP contribution in [-0.2, 0) is 0 Å². The highest BCUT2D eigenvalue weighted by Gasteiger charge is 2.45. The number of likely N-dealkylation sites (tertiary alicyclic amines) is 1. The molecule has 0 radical (unpaired) electrons. The number of benzene rings is 2. The first-order valence-electron chi connectivity index (χ1n) is 12.7. The summed E-state index contributed by atoms with van der Waals surface area (Å²) in [5, 5.41) is 16.2. The van der Waals surface area contributed by atoms with Gasteiger partial charge in [-0.15, -0.1) is 11.3 Å². The van der Waals surface area contributed by atoms with E-state index in [1.807, 2.05) is 26.8 Å². The molecule has 1 aliphatic rings. The van der Waals surface area contributed by atoms with Gasteiger partial charge in [0.1, 0.15) is 21.3 Å². The van der Waals surface area contributed by atoms with Gasteiger partial charge in [0.15, 0.2) is 0 Å². The molecule has 1 saturated heterocycles. The van der Waals surface area contributed by atoms with Gasteiger partial charge in [-0.2, -0.15) is 0 Å². The average molecular weight is 567 g/mol. The van der Waals surface area contributed by atoms with E-state index in [9.17, 15) is 28.3 Å². The fraction of sp³-hybridized carbons (Fsp3) is 0.276. The number of para-hydroxylation sites is 1. The number of anilines is 2. The van der Waals surface area contributed by atoms with Crippen LogP contribution in [0.25, 0.3) is 15.9 Å². The van der Waals surface area contributed by atoms with Crippen LogP contribution in [0.3, 0.4) is 0 Å². The highest BCUT2D eigenvalue weighted by Crippen LogP contribution is 2.39. The number of aromatic nitrogens is 1. The molecule has 8 nitrogen and oxygen atoms in total. The molecule has 0 aliphatic carbocycles. The van der Waals surface area contributed by atoms with E-state index in [1.165, 1.54) is 21.6 Å². The number of carbonyl (C=O) groups is 2. The number of hydrogen-bond donors (Lipinski definition) is 3. The van der Waals surface area contributed by atoms with Gasteiger partial charge >= 0.3 is 6.09 Å². The maximum absolute atomic E-state index is 14.7. The number of halogens is 2. The molecule has 11 heteroatoms. The van der Waals surface area contributed by atoms with E-state index in [1.54, 1.807) is 30.3 Å². The third-order valence-electron chi connectivity index (χ3n) is 7.00. The van der Waals surface area contributed by atoms with Crippen LogP contribution in [0.15, 0.2) is 65.5 Å².